The zero-order valence-electron chi connectivity index (χ0n) is 12.5. The van der Waals surface area contributed by atoms with Gasteiger partial charge in [0.1, 0.15) is 12.4 Å². The van der Waals surface area contributed by atoms with Gasteiger partial charge in [-0.2, -0.15) is 0 Å². The lowest BCUT2D eigenvalue weighted by Gasteiger charge is -2.32. The van der Waals surface area contributed by atoms with Crippen molar-refractivity contribution in [3.05, 3.63) is 46.5 Å². The second-order valence-electron chi connectivity index (χ2n) is 5.43. The summed E-state index contributed by atoms with van der Waals surface area (Å²) in [6.45, 7) is 3.41. The molecule has 2 aromatic rings. The van der Waals surface area contributed by atoms with Crippen LogP contribution in [0, 0.1) is 6.92 Å². The average Bonchev–Trinajstić information content (AvgIpc) is 2.92. The van der Waals surface area contributed by atoms with Gasteiger partial charge < -0.3 is 14.2 Å². The highest BCUT2D eigenvalue weighted by Gasteiger charge is 2.28. The van der Waals surface area contributed by atoms with Crippen LogP contribution in [0.5, 0.6) is 0 Å². The number of halogens is 1. The first-order valence-corrected chi connectivity index (χ1v) is 7.44. The maximum absolute atomic E-state index is 12.7. The summed E-state index contributed by atoms with van der Waals surface area (Å²) >= 11 is 6.05. The van der Waals surface area contributed by atoms with Crippen molar-refractivity contribution < 1.29 is 9.53 Å². The molecule has 1 aliphatic heterocycles. The highest BCUT2D eigenvalue weighted by atomic mass is 35.5. The second-order valence-corrected chi connectivity index (χ2v) is 5.86. The SMILES string of the molecule is Cc1cc(Cl)cc(C(=O)N2CCO[C@@H](c3nncn3C)C2)c1. The van der Waals surface area contributed by atoms with Gasteiger partial charge in [0.15, 0.2) is 5.82 Å². The molecule has 0 aliphatic carbocycles. The molecule has 6 nitrogen and oxygen atoms in total. The molecule has 0 spiro atoms. The van der Waals surface area contributed by atoms with Crippen LogP contribution in [0.3, 0.4) is 0 Å². The number of aromatic nitrogens is 3. The van der Waals surface area contributed by atoms with Crippen LogP contribution in [-0.2, 0) is 11.8 Å². The molecule has 1 aromatic carbocycles. The van der Waals surface area contributed by atoms with E-state index in [0.29, 0.717) is 30.3 Å². The first-order valence-electron chi connectivity index (χ1n) is 7.06. The number of benzene rings is 1. The molecule has 0 bridgehead atoms. The predicted molar refractivity (Wildman–Crippen MR) is 81.8 cm³/mol. The Labute approximate surface area is 133 Å². The number of morpholine rings is 1. The van der Waals surface area contributed by atoms with Gasteiger partial charge in [-0.25, -0.2) is 0 Å². The summed E-state index contributed by atoms with van der Waals surface area (Å²) in [7, 11) is 1.86. The Morgan fingerprint density at radius 1 is 1.41 bits per heavy atom. The molecule has 7 heteroatoms. The minimum Gasteiger partial charge on any atom is -0.366 e. The largest absolute Gasteiger partial charge is 0.366 e. The van der Waals surface area contributed by atoms with Gasteiger partial charge in [0, 0.05) is 24.2 Å². The average molecular weight is 321 g/mol. The summed E-state index contributed by atoms with van der Waals surface area (Å²) in [4.78, 5) is 14.4. The third-order valence-corrected chi connectivity index (χ3v) is 3.90. The maximum atomic E-state index is 12.7. The van der Waals surface area contributed by atoms with E-state index < -0.39 is 0 Å². The Kier molecular flexibility index (Phi) is 4.13. The summed E-state index contributed by atoms with van der Waals surface area (Å²) in [6, 6.07) is 5.38. The number of carbonyl (C=O) groups is 1. The molecule has 1 saturated heterocycles. The van der Waals surface area contributed by atoms with Crippen LogP contribution in [0.15, 0.2) is 24.5 Å². The lowest BCUT2D eigenvalue weighted by Crippen LogP contribution is -2.42. The van der Waals surface area contributed by atoms with E-state index in [1.165, 1.54) is 0 Å². The fraction of sp³-hybridized carbons (Fsp3) is 0.400. The second kappa shape index (κ2) is 6.06. The summed E-state index contributed by atoms with van der Waals surface area (Å²) < 4.78 is 7.53. The van der Waals surface area contributed by atoms with E-state index in [9.17, 15) is 4.79 Å². The fourth-order valence-corrected chi connectivity index (χ4v) is 2.91. The zero-order valence-corrected chi connectivity index (χ0v) is 13.2. The van der Waals surface area contributed by atoms with E-state index in [1.54, 1.807) is 17.3 Å². The van der Waals surface area contributed by atoms with E-state index >= 15 is 0 Å². The molecule has 0 N–H and O–H groups in total. The number of hydrogen-bond acceptors (Lipinski definition) is 4. The van der Waals surface area contributed by atoms with Gasteiger partial charge >= 0.3 is 0 Å². The van der Waals surface area contributed by atoms with Crippen molar-refractivity contribution in [2.75, 3.05) is 19.7 Å². The molecular weight excluding hydrogens is 304 g/mol. The van der Waals surface area contributed by atoms with Gasteiger partial charge in [0.25, 0.3) is 5.91 Å². The number of amides is 1. The van der Waals surface area contributed by atoms with Crippen LogP contribution in [-0.4, -0.2) is 45.3 Å². The summed E-state index contributed by atoms with van der Waals surface area (Å²) in [6.07, 6.45) is 1.37. The first kappa shape index (κ1) is 15.0. The number of carbonyl (C=O) groups excluding carboxylic acids is 1. The highest BCUT2D eigenvalue weighted by Crippen LogP contribution is 2.22. The molecule has 2 heterocycles. The van der Waals surface area contributed by atoms with E-state index in [0.717, 1.165) is 11.4 Å². The molecule has 0 unspecified atom stereocenters. The van der Waals surface area contributed by atoms with E-state index in [-0.39, 0.29) is 12.0 Å². The monoisotopic (exact) mass is 320 g/mol. The number of aryl methyl sites for hydroxylation is 2. The predicted octanol–water partition coefficient (Wildman–Crippen LogP) is 1.99. The lowest BCUT2D eigenvalue weighted by molar-refractivity contribution is -0.0281. The quantitative estimate of drug-likeness (QED) is 0.849. The van der Waals surface area contributed by atoms with Crippen LogP contribution >= 0.6 is 11.6 Å². The van der Waals surface area contributed by atoms with Gasteiger partial charge in [-0.15, -0.1) is 10.2 Å². The molecule has 1 aromatic heterocycles. The maximum Gasteiger partial charge on any atom is 0.254 e. The molecule has 1 amide bonds. The van der Waals surface area contributed by atoms with Crippen molar-refractivity contribution in [2.24, 2.45) is 7.05 Å². The summed E-state index contributed by atoms with van der Waals surface area (Å²) in [5.41, 5.74) is 1.57. The molecule has 0 radical (unpaired) electrons. The molecule has 22 heavy (non-hydrogen) atoms. The third-order valence-electron chi connectivity index (χ3n) is 3.68. The Hall–Kier alpha value is -1.92. The van der Waals surface area contributed by atoms with Crippen molar-refractivity contribution in [2.45, 2.75) is 13.0 Å². The highest BCUT2D eigenvalue weighted by molar-refractivity contribution is 6.31. The van der Waals surface area contributed by atoms with Gasteiger partial charge in [-0.3, -0.25) is 4.79 Å². The Morgan fingerprint density at radius 3 is 2.91 bits per heavy atom. The van der Waals surface area contributed by atoms with Crippen molar-refractivity contribution in [1.82, 2.24) is 19.7 Å². The number of ether oxygens (including phenoxy) is 1. The van der Waals surface area contributed by atoms with Crippen LogP contribution < -0.4 is 0 Å². The number of rotatable bonds is 2. The van der Waals surface area contributed by atoms with Crippen LogP contribution in [0.25, 0.3) is 0 Å². The van der Waals surface area contributed by atoms with Crippen LogP contribution in [0.1, 0.15) is 27.8 Å². The summed E-state index contributed by atoms with van der Waals surface area (Å²) in [5, 5.41) is 8.49. The molecule has 1 fully saturated rings. The third kappa shape index (κ3) is 2.98. The number of nitrogens with zero attached hydrogens (tertiary/aromatic N) is 4. The van der Waals surface area contributed by atoms with E-state index in [1.807, 2.05) is 30.7 Å². The van der Waals surface area contributed by atoms with E-state index in [2.05, 4.69) is 10.2 Å². The standard InChI is InChI=1S/C15H17ClN4O2/c1-10-5-11(7-12(16)6-10)15(21)20-3-4-22-13(8-20)14-18-17-9-19(14)2/h5-7,9,13H,3-4,8H2,1-2H3/t13-/m1/s1. The normalized spacial score (nSPS) is 18.5. The van der Waals surface area contributed by atoms with Gasteiger partial charge in [0.05, 0.1) is 13.2 Å². The van der Waals surface area contributed by atoms with Gasteiger partial charge in [-0.1, -0.05) is 11.6 Å². The summed E-state index contributed by atoms with van der Waals surface area (Å²) in [5.74, 6) is 0.681. The van der Waals surface area contributed by atoms with Gasteiger partial charge in [0.2, 0.25) is 0 Å². The Morgan fingerprint density at radius 2 is 2.23 bits per heavy atom. The minimum atomic E-state index is -0.259. The molecule has 3 rings (SSSR count). The van der Waals surface area contributed by atoms with Crippen molar-refractivity contribution >= 4 is 17.5 Å². The minimum absolute atomic E-state index is 0.0407. The van der Waals surface area contributed by atoms with Crippen LogP contribution in [0.2, 0.25) is 5.02 Å². The van der Waals surface area contributed by atoms with Gasteiger partial charge in [-0.05, 0) is 30.7 Å². The van der Waals surface area contributed by atoms with Crippen molar-refractivity contribution in [1.29, 1.82) is 0 Å². The van der Waals surface area contributed by atoms with Crippen LogP contribution in [0.4, 0.5) is 0 Å². The van der Waals surface area contributed by atoms with Crippen molar-refractivity contribution in [3.63, 3.8) is 0 Å². The molecule has 1 atom stereocenters. The van der Waals surface area contributed by atoms with E-state index in [4.69, 9.17) is 16.3 Å². The Balaban J connectivity index is 1.79. The molecule has 116 valence electrons. The van der Waals surface area contributed by atoms with Crippen molar-refractivity contribution in [3.8, 4) is 0 Å². The first-order chi connectivity index (χ1) is 10.5. The lowest BCUT2D eigenvalue weighted by atomic mass is 10.1. The zero-order chi connectivity index (χ0) is 15.7. The molecule has 0 saturated carbocycles. The smallest absolute Gasteiger partial charge is 0.254 e. The fourth-order valence-electron chi connectivity index (χ4n) is 2.62. The molecule has 1 aliphatic rings. The Bertz CT molecular complexity index is 680. The topological polar surface area (TPSA) is 60.3 Å². The number of hydrogen-bond donors (Lipinski definition) is 0. The molecular formula is C15H17ClN4O2.